The summed E-state index contributed by atoms with van der Waals surface area (Å²) in [6, 6.07) is -0.270. The monoisotopic (exact) mass is 798 g/mol. The van der Waals surface area contributed by atoms with Gasteiger partial charge in [0, 0.05) is 16.1 Å². The van der Waals surface area contributed by atoms with E-state index in [1.165, 1.54) is 109 Å². The third-order valence-electron chi connectivity index (χ3n) is 13.1. The van der Waals surface area contributed by atoms with Crippen molar-refractivity contribution in [3.05, 3.63) is 17.1 Å². The number of nitroso groups, excluding NO2 is 1. The molecule has 328 valence electrons. The lowest BCUT2D eigenvalue weighted by Crippen LogP contribution is -2.60. The van der Waals surface area contributed by atoms with E-state index in [1.807, 2.05) is 0 Å². The van der Waals surface area contributed by atoms with Crippen LogP contribution in [0.5, 0.6) is 0 Å². The zero-order valence-corrected chi connectivity index (χ0v) is 35.7. The molecule has 0 saturated carbocycles. The molecule has 2 aliphatic heterocycles. The van der Waals surface area contributed by atoms with Crippen LogP contribution in [0, 0.1) is 22.2 Å². The van der Waals surface area contributed by atoms with Crippen molar-refractivity contribution in [3.63, 3.8) is 0 Å². The molecule has 9 unspecified atom stereocenters. The second kappa shape index (κ2) is 27.7. The molecule has 2 saturated heterocycles. The first-order valence-corrected chi connectivity index (χ1v) is 23.2. The highest BCUT2D eigenvalue weighted by Crippen LogP contribution is 2.37. The number of rotatable bonds is 31. The summed E-state index contributed by atoms with van der Waals surface area (Å²) in [5, 5.41) is 66.5. The van der Waals surface area contributed by atoms with Crippen LogP contribution in [0.15, 0.2) is 12.2 Å². The van der Waals surface area contributed by atoms with E-state index in [-0.39, 0.29) is 12.6 Å². The van der Waals surface area contributed by atoms with E-state index in [0.29, 0.717) is 18.4 Å². The minimum absolute atomic E-state index is 0.252. The Kier molecular flexibility index (Phi) is 24.4. The molecule has 2 heterocycles. The molecule has 2 fully saturated rings. The maximum absolute atomic E-state index is 13.7. The molecular weight excluding hydrogens is 712 g/mol. The average molecular weight is 798 g/mol. The van der Waals surface area contributed by atoms with E-state index in [1.54, 1.807) is 0 Å². The molecule has 11 nitrogen and oxygen atoms in total. The van der Waals surface area contributed by atoms with Gasteiger partial charge in [0.15, 0.2) is 6.29 Å². The number of aliphatic hydroxyl groups excluding tert-OH is 6. The van der Waals surface area contributed by atoms with Gasteiger partial charge in [-0.2, -0.15) is 0 Å². The lowest BCUT2D eigenvalue weighted by Gasteiger charge is -2.40. The van der Waals surface area contributed by atoms with Gasteiger partial charge in [-0.05, 0) is 43.4 Å². The number of nitrogens with one attached hydrogen (secondary N) is 1. The standard InChI is InChI=1S/C45H85N2O9/c1-4-5-6-7-8-9-10-11-12-16-19-22-25-37(49)39(50)36(33-55-44-42(53)41(52)40(51)38(32-48)56-44)43-46-31-35(47(43)54)24-21-18-15-13-14-17-20-23-28-45(3)29-26-34(2)27-30-45/h26,29,34-44,46,48-53H,4-25,27-28,30-33H2,1-3H3/q+1/t34?,35?,36-,37+,38?,39-,40?,41?,42?,43?,44?,45?/m0/s1. The number of hydrogen-bond donors (Lipinski definition) is 7. The van der Waals surface area contributed by atoms with Gasteiger partial charge in [-0.15, -0.1) is 0 Å². The molecule has 56 heavy (non-hydrogen) atoms. The van der Waals surface area contributed by atoms with Gasteiger partial charge in [0.05, 0.1) is 37.9 Å². The summed E-state index contributed by atoms with van der Waals surface area (Å²) in [4.78, 5) is 13.7. The third-order valence-corrected chi connectivity index (χ3v) is 13.1. The Morgan fingerprint density at radius 3 is 1.96 bits per heavy atom. The Hall–Kier alpha value is -1.02. The number of hydrogen-bond acceptors (Lipinski definition) is 10. The second-order valence-electron chi connectivity index (χ2n) is 18.2. The van der Waals surface area contributed by atoms with Crippen LogP contribution >= 0.6 is 0 Å². The van der Waals surface area contributed by atoms with Gasteiger partial charge in [-0.25, -0.2) is 5.32 Å². The van der Waals surface area contributed by atoms with Gasteiger partial charge in [0.1, 0.15) is 24.4 Å². The zero-order chi connectivity index (χ0) is 40.8. The van der Waals surface area contributed by atoms with Crippen LogP contribution in [0.25, 0.3) is 0 Å². The summed E-state index contributed by atoms with van der Waals surface area (Å²) < 4.78 is 12.4. The molecule has 0 aromatic rings. The number of ether oxygens (including phenoxy) is 2. The van der Waals surface area contributed by atoms with Gasteiger partial charge in [-0.3, -0.25) is 0 Å². The quantitative estimate of drug-likeness (QED) is 0.0216. The van der Waals surface area contributed by atoms with Gasteiger partial charge in [0.2, 0.25) is 6.04 Å². The highest BCUT2D eigenvalue weighted by Gasteiger charge is 2.51. The van der Waals surface area contributed by atoms with Gasteiger partial charge in [0.25, 0.3) is 6.17 Å². The average Bonchev–Trinajstić information content (AvgIpc) is 3.55. The van der Waals surface area contributed by atoms with Crippen molar-refractivity contribution in [1.82, 2.24) is 5.32 Å². The largest absolute Gasteiger partial charge is 0.394 e. The predicted octanol–water partition coefficient (Wildman–Crippen LogP) is 7.20. The summed E-state index contributed by atoms with van der Waals surface area (Å²) in [5.41, 5.74) is 0.386. The normalized spacial score (nSPS) is 31.2. The van der Waals surface area contributed by atoms with Crippen LogP contribution in [-0.4, -0.2) is 110 Å². The van der Waals surface area contributed by atoms with Crippen molar-refractivity contribution < 1.29 is 44.9 Å². The smallest absolute Gasteiger partial charge is 0.263 e. The van der Waals surface area contributed by atoms with Crippen LogP contribution in [0.1, 0.15) is 181 Å². The summed E-state index contributed by atoms with van der Waals surface area (Å²) in [6.07, 6.45) is 23.3. The Balaban J connectivity index is 1.40. The second-order valence-corrected chi connectivity index (χ2v) is 18.2. The van der Waals surface area contributed by atoms with Gasteiger partial charge >= 0.3 is 0 Å². The first-order chi connectivity index (χ1) is 27.0. The minimum atomic E-state index is -1.60. The summed E-state index contributed by atoms with van der Waals surface area (Å²) in [7, 11) is 0. The van der Waals surface area contributed by atoms with Crippen LogP contribution in [0.2, 0.25) is 0 Å². The first-order valence-electron chi connectivity index (χ1n) is 23.2. The van der Waals surface area contributed by atoms with Crippen LogP contribution in [0.4, 0.5) is 0 Å². The maximum atomic E-state index is 13.7. The minimum Gasteiger partial charge on any atom is -0.394 e. The van der Waals surface area contributed by atoms with E-state index in [9.17, 15) is 35.5 Å². The molecule has 12 atom stereocenters. The number of aliphatic hydroxyl groups is 6. The molecule has 0 amide bonds. The Labute approximate surface area is 340 Å². The molecule has 0 bridgehead atoms. The SMILES string of the molecule is CCCCCCCCCCCCCC[C@@H](O)[C@@H](O)[C@H](COC1OC(CO)C(O)C(O)C1O)C1NCC(CCCCCCCCCCC2(C)C=CC(C)CC2)[N+]1=O. The van der Waals surface area contributed by atoms with E-state index in [4.69, 9.17) is 9.47 Å². The lowest BCUT2D eigenvalue weighted by atomic mass is 9.74. The lowest BCUT2D eigenvalue weighted by molar-refractivity contribution is -0.610. The number of nitrogens with zero attached hydrogens (tertiary/aromatic N) is 1. The maximum Gasteiger partial charge on any atom is 0.263 e. The van der Waals surface area contributed by atoms with Crippen molar-refractivity contribution in [2.24, 2.45) is 17.3 Å². The Morgan fingerprint density at radius 2 is 1.39 bits per heavy atom. The fraction of sp³-hybridized carbons (Fsp3) is 0.956. The number of allylic oxidation sites excluding steroid dienone is 2. The van der Waals surface area contributed by atoms with Crippen molar-refractivity contribution >= 4 is 0 Å². The van der Waals surface area contributed by atoms with Crippen LogP contribution in [0.3, 0.4) is 0 Å². The zero-order valence-electron chi connectivity index (χ0n) is 35.7. The van der Waals surface area contributed by atoms with Crippen molar-refractivity contribution in [2.75, 3.05) is 19.8 Å². The third kappa shape index (κ3) is 17.3. The molecule has 1 aliphatic carbocycles. The molecule has 0 spiro atoms. The van der Waals surface area contributed by atoms with Crippen molar-refractivity contribution in [3.8, 4) is 0 Å². The summed E-state index contributed by atoms with van der Waals surface area (Å²) in [5.74, 6) is -0.140. The Bertz CT molecular complexity index is 1060. The van der Waals surface area contributed by atoms with Crippen molar-refractivity contribution in [2.45, 2.75) is 236 Å². The first kappa shape index (κ1) is 49.3. The van der Waals surface area contributed by atoms with E-state index < -0.39 is 61.6 Å². The molecule has 11 heteroatoms. The molecule has 3 aliphatic rings. The summed E-state index contributed by atoms with van der Waals surface area (Å²) in [6.45, 7) is 6.57. The van der Waals surface area contributed by atoms with Crippen LogP contribution < -0.4 is 5.32 Å². The van der Waals surface area contributed by atoms with Gasteiger partial charge in [-0.1, -0.05) is 155 Å². The fourth-order valence-electron chi connectivity index (χ4n) is 8.98. The number of unbranched alkanes of at least 4 members (excludes halogenated alkanes) is 18. The van der Waals surface area contributed by atoms with Crippen molar-refractivity contribution in [1.29, 1.82) is 0 Å². The van der Waals surface area contributed by atoms with Crippen LogP contribution in [-0.2, 0) is 9.47 Å². The highest BCUT2D eigenvalue weighted by atomic mass is 16.7. The molecule has 3 rings (SSSR count). The van der Waals surface area contributed by atoms with E-state index in [0.717, 1.165) is 55.6 Å². The Morgan fingerprint density at radius 1 is 0.821 bits per heavy atom. The molecule has 0 aromatic heterocycles. The fourth-order valence-corrected chi connectivity index (χ4v) is 8.98. The van der Waals surface area contributed by atoms with Gasteiger partial charge < -0.3 is 40.1 Å². The topological polar surface area (TPSA) is 172 Å². The molecule has 0 aromatic carbocycles. The van der Waals surface area contributed by atoms with E-state index >= 15 is 0 Å². The molecular formula is C45H85N2O9+. The van der Waals surface area contributed by atoms with E-state index in [2.05, 4.69) is 38.2 Å². The highest BCUT2D eigenvalue weighted by molar-refractivity contribution is 5.03. The molecule has 0 radical (unpaired) electrons. The predicted molar refractivity (Wildman–Crippen MR) is 222 cm³/mol. The summed E-state index contributed by atoms with van der Waals surface area (Å²) >= 11 is 0. The molecule has 7 N–H and O–H groups in total.